The number of aliphatic carboxylic acids is 1. The topological polar surface area (TPSA) is 110 Å². The molecule has 0 aliphatic carbocycles. The van der Waals surface area contributed by atoms with E-state index in [1.165, 1.54) is 18.2 Å². The summed E-state index contributed by atoms with van der Waals surface area (Å²) in [6.45, 7) is 3.20. The number of amides is 1. The van der Waals surface area contributed by atoms with Crippen molar-refractivity contribution >= 4 is 17.6 Å². The summed E-state index contributed by atoms with van der Waals surface area (Å²) in [4.78, 5) is 32.6. The molecule has 2 N–H and O–H groups in total. The number of rotatable bonds is 6. The van der Waals surface area contributed by atoms with E-state index < -0.39 is 22.9 Å². The third kappa shape index (κ3) is 4.34. The van der Waals surface area contributed by atoms with Crippen LogP contribution in [0.25, 0.3) is 0 Å². The van der Waals surface area contributed by atoms with Crippen LogP contribution in [0, 0.1) is 10.1 Å². The summed E-state index contributed by atoms with van der Waals surface area (Å²) in [5.74, 6) is -1.95. The summed E-state index contributed by atoms with van der Waals surface area (Å²) in [5.41, 5.74) is 0.431. The molecule has 0 aliphatic rings. The molecule has 108 valence electrons. The number of nitro benzene ring substituents is 1. The monoisotopic (exact) mass is 280 g/mol. The summed E-state index contributed by atoms with van der Waals surface area (Å²) in [5, 5.41) is 21.9. The van der Waals surface area contributed by atoms with Gasteiger partial charge in [-0.05, 0) is 19.4 Å². The lowest BCUT2D eigenvalue weighted by atomic mass is 9.99. The molecule has 0 radical (unpaired) electrons. The van der Waals surface area contributed by atoms with E-state index in [1.54, 1.807) is 19.9 Å². The number of carbonyl (C=O) groups is 2. The van der Waals surface area contributed by atoms with Crippen LogP contribution in [-0.4, -0.2) is 27.9 Å². The molecule has 0 heterocycles. The third-order valence-electron chi connectivity index (χ3n) is 2.84. The maximum Gasteiger partial charge on any atom is 0.305 e. The summed E-state index contributed by atoms with van der Waals surface area (Å²) in [6, 6.07) is 5.32. The van der Waals surface area contributed by atoms with Gasteiger partial charge in [0.05, 0.1) is 17.3 Å². The Bertz CT molecular complexity index is 529. The van der Waals surface area contributed by atoms with Crippen molar-refractivity contribution in [2.24, 2.45) is 0 Å². The molecule has 1 aromatic carbocycles. The Hall–Kier alpha value is -2.44. The molecule has 2 unspecified atom stereocenters. The van der Waals surface area contributed by atoms with Crippen molar-refractivity contribution in [3.05, 3.63) is 39.9 Å². The van der Waals surface area contributed by atoms with E-state index >= 15 is 0 Å². The van der Waals surface area contributed by atoms with Crippen LogP contribution in [0.4, 0.5) is 5.69 Å². The number of nitrogens with one attached hydrogen (secondary N) is 1. The molecule has 7 nitrogen and oxygen atoms in total. The first kappa shape index (κ1) is 15.6. The van der Waals surface area contributed by atoms with Crippen LogP contribution in [0.3, 0.4) is 0 Å². The van der Waals surface area contributed by atoms with Crippen LogP contribution in [0.2, 0.25) is 0 Å². The zero-order chi connectivity index (χ0) is 15.3. The Morgan fingerprint density at radius 1 is 1.40 bits per heavy atom. The summed E-state index contributed by atoms with van der Waals surface area (Å²) < 4.78 is 0. The van der Waals surface area contributed by atoms with E-state index in [4.69, 9.17) is 5.11 Å². The number of carboxylic acid groups (broad SMARTS) is 1. The Balaban J connectivity index is 2.76. The average Bonchev–Trinajstić information content (AvgIpc) is 2.36. The van der Waals surface area contributed by atoms with Crippen molar-refractivity contribution in [1.82, 2.24) is 5.32 Å². The van der Waals surface area contributed by atoms with Gasteiger partial charge in [-0.25, -0.2) is 0 Å². The van der Waals surface area contributed by atoms with Crippen LogP contribution < -0.4 is 5.32 Å². The lowest BCUT2D eigenvalue weighted by Gasteiger charge is -2.16. The smallest absolute Gasteiger partial charge is 0.305 e. The van der Waals surface area contributed by atoms with Gasteiger partial charge in [-0.15, -0.1) is 0 Å². The van der Waals surface area contributed by atoms with E-state index in [9.17, 15) is 19.7 Å². The Kier molecular flexibility index (Phi) is 5.19. The number of nitro groups is 1. The fraction of sp³-hybridized carbons (Fsp3) is 0.385. The molecule has 20 heavy (non-hydrogen) atoms. The van der Waals surface area contributed by atoms with Gasteiger partial charge in [0.2, 0.25) is 5.91 Å². The van der Waals surface area contributed by atoms with Crippen molar-refractivity contribution in [1.29, 1.82) is 0 Å². The predicted octanol–water partition coefficient (Wildman–Crippen LogP) is 1.68. The highest BCUT2D eigenvalue weighted by atomic mass is 16.6. The van der Waals surface area contributed by atoms with Crippen LogP contribution in [0.15, 0.2) is 24.3 Å². The van der Waals surface area contributed by atoms with Crippen molar-refractivity contribution in [3.63, 3.8) is 0 Å². The molecule has 7 heteroatoms. The second-order valence-corrected chi connectivity index (χ2v) is 4.58. The number of hydrogen-bond donors (Lipinski definition) is 2. The number of carboxylic acids is 1. The second kappa shape index (κ2) is 6.65. The number of carbonyl (C=O) groups excluding carboxylic acids is 1. The maximum atomic E-state index is 11.9. The molecule has 0 saturated carbocycles. The van der Waals surface area contributed by atoms with Crippen molar-refractivity contribution < 1.29 is 19.6 Å². The van der Waals surface area contributed by atoms with Gasteiger partial charge >= 0.3 is 5.97 Å². The average molecular weight is 280 g/mol. The highest BCUT2D eigenvalue weighted by molar-refractivity contribution is 5.84. The third-order valence-corrected chi connectivity index (χ3v) is 2.84. The van der Waals surface area contributed by atoms with Crippen molar-refractivity contribution in [2.45, 2.75) is 32.2 Å². The summed E-state index contributed by atoms with van der Waals surface area (Å²) in [7, 11) is 0. The van der Waals surface area contributed by atoms with Gasteiger partial charge in [-0.1, -0.05) is 12.1 Å². The molecule has 2 atom stereocenters. The quantitative estimate of drug-likeness (QED) is 0.608. The molecule has 1 amide bonds. The molecule has 0 aromatic heterocycles. The second-order valence-electron chi connectivity index (χ2n) is 4.58. The normalized spacial score (nSPS) is 13.3. The van der Waals surface area contributed by atoms with Gasteiger partial charge in [0.1, 0.15) is 0 Å². The van der Waals surface area contributed by atoms with Crippen LogP contribution in [0.5, 0.6) is 0 Å². The van der Waals surface area contributed by atoms with Crippen LogP contribution in [0.1, 0.15) is 31.7 Å². The molecule has 0 bridgehead atoms. The van der Waals surface area contributed by atoms with E-state index in [-0.39, 0.29) is 18.0 Å². The minimum Gasteiger partial charge on any atom is -0.481 e. The zero-order valence-electron chi connectivity index (χ0n) is 11.2. The van der Waals surface area contributed by atoms with Gasteiger partial charge in [0.25, 0.3) is 5.69 Å². The van der Waals surface area contributed by atoms with Gasteiger partial charge < -0.3 is 10.4 Å². The summed E-state index contributed by atoms with van der Waals surface area (Å²) in [6.07, 6.45) is -0.173. The molecule has 0 spiro atoms. The van der Waals surface area contributed by atoms with Gasteiger partial charge in [-0.2, -0.15) is 0 Å². The minimum absolute atomic E-state index is 0.0827. The van der Waals surface area contributed by atoms with E-state index in [1.807, 2.05) is 0 Å². The number of nitrogens with zero attached hydrogens (tertiary/aromatic N) is 1. The standard InChI is InChI=1S/C13H16N2O5/c1-8(6-12(16)17)14-13(18)9(2)10-4-3-5-11(7-10)15(19)20/h3-5,7-9H,6H2,1-2H3,(H,14,18)(H,16,17). The van der Waals surface area contributed by atoms with E-state index in [0.29, 0.717) is 5.56 Å². The fourth-order valence-electron chi connectivity index (χ4n) is 1.74. The van der Waals surface area contributed by atoms with Crippen LogP contribution in [-0.2, 0) is 9.59 Å². The van der Waals surface area contributed by atoms with Gasteiger partial charge in [0, 0.05) is 18.2 Å². The molecule has 0 saturated heterocycles. The largest absolute Gasteiger partial charge is 0.481 e. The maximum absolute atomic E-state index is 11.9. The SMILES string of the molecule is CC(CC(=O)O)NC(=O)C(C)c1cccc([N+](=O)[O-])c1. The molecule has 1 rings (SSSR count). The predicted molar refractivity (Wildman–Crippen MR) is 71.4 cm³/mol. The van der Waals surface area contributed by atoms with Gasteiger partial charge in [0.15, 0.2) is 0 Å². The lowest BCUT2D eigenvalue weighted by Crippen LogP contribution is -2.36. The molecule has 0 fully saturated rings. The minimum atomic E-state index is -0.999. The number of non-ortho nitro benzene ring substituents is 1. The van der Waals surface area contributed by atoms with Crippen molar-refractivity contribution in [2.75, 3.05) is 0 Å². The Labute approximate surface area is 115 Å². The fourth-order valence-corrected chi connectivity index (χ4v) is 1.74. The van der Waals surface area contributed by atoms with Crippen LogP contribution >= 0.6 is 0 Å². The molecular formula is C13H16N2O5. The number of benzene rings is 1. The molecule has 0 aliphatic heterocycles. The zero-order valence-corrected chi connectivity index (χ0v) is 11.2. The first-order chi connectivity index (χ1) is 9.31. The first-order valence-corrected chi connectivity index (χ1v) is 6.07. The Morgan fingerprint density at radius 2 is 2.05 bits per heavy atom. The number of hydrogen-bond acceptors (Lipinski definition) is 4. The van der Waals surface area contributed by atoms with Gasteiger partial charge in [-0.3, -0.25) is 19.7 Å². The van der Waals surface area contributed by atoms with Crippen molar-refractivity contribution in [3.8, 4) is 0 Å². The first-order valence-electron chi connectivity index (χ1n) is 6.07. The molecule has 1 aromatic rings. The van der Waals surface area contributed by atoms with E-state index in [2.05, 4.69) is 5.32 Å². The Morgan fingerprint density at radius 3 is 2.60 bits per heavy atom. The summed E-state index contributed by atoms with van der Waals surface area (Å²) >= 11 is 0. The highest BCUT2D eigenvalue weighted by Gasteiger charge is 2.20. The lowest BCUT2D eigenvalue weighted by molar-refractivity contribution is -0.384. The van der Waals surface area contributed by atoms with E-state index in [0.717, 1.165) is 0 Å². The highest BCUT2D eigenvalue weighted by Crippen LogP contribution is 2.21. The molecular weight excluding hydrogens is 264 g/mol.